The molecule has 1 aromatic rings. The van der Waals surface area contributed by atoms with Gasteiger partial charge >= 0.3 is 0 Å². The lowest BCUT2D eigenvalue weighted by Gasteiger charge is -2.29. The van der Waals surface area contributed by atoms with Gasteiger partial charge in [-0.2, -0.15) is 0 Å². The second-order valence-electron chi connectivity index (χ2n) is 6.62. The predicted octanol–water partition coefficient (Wildman–Crippen LogP) is 3.15. The number of rotatable bonds is 7. The van der Waals surface area contributed by atoms with Gasteiger partial charge < -0.3 is 19.3 Å². The molecule has 2 fully saturated rings. The Morgan fingerprint density at radius 1 is 1.08 bits per heavy atom. The zero-order chi connectivity index (χ0) is 17.6. The zero-order valence-corrected chi connectivity index (χ0v) is 16.0. The molecule has 1 aromatic carbocycles. The zero-order valence-electron chi connectivity index (χ0n) is 15.2. The number of thioether (sulfide) groups is 1. The summed E-state index contributed by atoms with van der Waals surface area (Å²) in [5.74, 6) is 2.23. The summed E-state index contributed by atoms with van der Waals surface area (Å²) in [5, 5.41) is 0.0775. The number of methoxy groups -OCH3 is 2. The van der Waals surface area contributed by atoms with Crippen LogP contribution in [0.5, 0.6) is 11.5 Å². The molecule has 2 aliphatic rings. The van der Waals surface area contributed by atoms with E-state index in [9.17, 15) is 4.79 Å². The van der Waals surface area contributed by atoms with E-state index >= 15 is 0 Å². The molecule has 5 nitrogen and oxygen atoms in total. The molecule has 0 N–H and O–H groups in total. The maximum absolute atomic E-state index is 12.4. The van der Waals surface area contributed by atoms with Crippen LogP contribution in [0.1, 0.15) is 36.6 Å². The molecule has 25 heavy (non-hydrogen) atoms. The molecular weight excluding hydrogens is 336 g/mol. The van der Waals surface area contributed by atoms with Crippen LogP contribution in [-0.2, 0) is 4.79 Å². The van der Waals surface area contributed by atoms with Crippen molar-refractivity contribution in [2.75, 3.05) is 46.2 Å². The van der Waals surface area contributed by atoms with Crippen LogP contribution >= 0.6 is 11.8 Å². The van der Waals surface area contributed by atoms with Crippen LogP contribution in [0.3, 0.4) is 0 Å². The number of amides is 1. The molecule has 2 saturated heterocycles. The molecule has 138 valence electrons. The first-order valence-corrected chi connectivity index (χ1v) is 10.1. The molecule has 2 heterocycles. The lowest BCUT2D eigenvalue weighted by Crippen LogP contribution is -2.34. The van der Waals surface area contributed by atoms with Crippen LogP contribution in [0, 0.1) is 0 Å². The summed E-state index contributed by atoms with van der Waals surface area (Å²) in [5.41, 5.74) is 1.10. The molecule has 0 radical (unpaired) electrons. The first kappa shape index (κ1) is 18.4. The van der Waals surface area contributed by atoms with Gasteiger partial charge in [0.15, 0.2) is 11.5 Å². The van der Waals surface area contributed by atoms with E-state index in [1.165, 1.54) is 32.4 Å². The van der Waals surface area contributed by atoms with Crippen molar-refractivity contribution in [2.45, 2.75) is 31.1 Å². The molecule has 3 rings (SSSR count). The molecule has 0 saturated carbocycles. The van der Waals surface area contributed by atoms with Gasteiger partial charge in [-0.1, -0.05) is 12.5 Å². The maximum atomic E-state index is 12.4. The fourth-order valence-electron chi connectivity index (χ4n) is 3.63. The van der Waals surface area contributed by atoms with Crippen molar-refractivity contribution >= 4 is 17.7 Å². The van der Waals surface area contributed by atoms with Crippen LogP contribution in [0.25, 0.3) is 0 Å². The van der Waals surface area contributed by atoms with Gasteiger partial charge in [-0.15, -0.1) is 11.8 Å². The quantitative estimate of drug-likeness (QED) is 0.743. The van der Waals surface area contributed by atoms with E-state index < -0.39 is 0 Å². The molecule has 1 amide bonds. The summed E-state index contributed by atoms with van der Waals surface area (Å²) >= 11 is 1.70. The van der Waals surface area contributed by atoms with Gasteiger partial charge in [0.05, 0.1) is 20.0 Å². The first-order chi connectivity index (χ1) is 12.2. The van der Waals surface area contributed by atoms with E-state index in [0.717, 1.165) is 30.8 Å². The minimum Gasteiger partial charge on any atom is -0.493 e. The number of benzene rings is 1. The Labute approximate surface area is 154 Å². The van der Waals surface area contributed by atoms with Gasteiger partial charge in [0.1, 0.15) is 5.37 Å². The monoisotopic (exact) mass is 364 g/mol. The summed E-state index contributed by atoms with van der Waals surface area (Å²) in [6.07, 6.45) is 5.02. The SMILES string of the molecule is COc1ccc(C2SCC(=O)N2CCCN2CCCCC2)cc1OC. The highest BCUT2D eigenvalue weighted by Crippen LogP contribution is 2.41. The Morgan fingerprint density at radius 3 is 2.56 bits per heavy atom. The second-order valence-corrected chi connectivity index (χ2v) is 7.69. The van der Waals surface area contributed by atoms with Crippen LogP contribution in [-0.4, -0.2) is 61.9 Å². The van der Waals surface area contributed by atoms with Gasteiger partial charge in [-0.25, -0.2) is 0 Å². The van der Waals surface area contributed by atoms with Crippen molar-refractivity contribution in [3.05, 3.63) is 23.8 Å². The number of piperidine rings is 1. The molecular formula is C19H28N2O3S. The highest BCUT2D eigenvalue weighted by atomic mass is 32.2. The van der Waals surface area contributed by atoms with E-state index in [4.69, 9.17) is 9.47 Å². The number of nitrogens with zero attached hydrogens (tertiary/aromatic N) is 2. The van der Waals surface area contributed by atoms with Crippen LogP contribution in [0.15, 0.2) is 18.2 Å². The molecule has 0 spiro atoms. The number of hydrogen-bond donors (Lipinski definition) is 0. The molecule has 0 aromatic heterocycles. The van der Waals surface area contributed by atoms with Crippen LogP contribution in [0.2, 0.25) is 0 Å². The Hall–Kier alpha value is -1.40. The van der Waals surface area contributed by atoms with E-state index in [-0.39, 0.29) is 11.3 Å². The van der Waals surface area contributed by atoms with Gasteiger partial charge in [0, 0.05) is 6.54 Å². The van der Waals surface area contributed by atoms with Gasteiger partial charge in [-0.05, 0) is 56.6 Å². The van der Waals surface area contributed by atoms with Gasteiger partial charge in [-0.3, -0.25) is 4.79 Å². The summed E-state index contributed by atoms with van der Waals surface area (Å²) in [7, 11) is 3.28. The van der Waals surface area contributed by atoms with Crippen molar-refractivity contribution in [1.82, 2.24) is 9.80 Å². The number of carbonyl (C=O) groups is 1. The van der Waals surface area contributed by atoms with Crippen LogP contribution < -0.4 is 9.47 Å². The Kier molecular flexibility index (Phi) is 6.48. The fourth-order valence-corrected chi connectivity index (χ4v) is 4.83. The molecule has 1 unspecified atom stereocenters. The van der Waals surface area contributed by atoms with E-state index in [1.807, 2.05) is 23.1 Å². The number of carbonyl (C=O) groups excluding carboxylic acids is 1. The lowest BCUT2D eigenvalue weighted by molar-refractivity contribution is -0.128. The largest absolute Gasteiger partial charge is 0.493 e. The highest BCUT2D eigenvalue weighted by Gasteiger charge is 2.33. The topological polar surface area (TPSA) is 42.0 Å². The molecule has 0 bridgehead atoms. The highest BCUT2D eigenvalue weighted by molar-refractivity contribution is 8.00. The van der Waals surface area contributed by atoms with Gasteiger partial charge in [0.25, 0.3) is 0 Å². The average Bonchev–Trinajstić information content (AvgIpc) is 3.02. The van der Waals surface area contributed by atoms with E-state index in [2.05, 4.69) is 4.90 Å². The third-order valence-electron chi connectivity index (χ3n) is 4.98. The minimum atomic E-state index is 0.0775. The summed E-state index contributed by atoms with van der Waals surface area (Å²) in [6, 6.07) is 5.95. The maximum Gasteiger partial charge on any atom is 0.233 e. The van der Waals surface area contributed by atoms with Gasteiger partial charge in [0.2, 0.25) is 5.91 Å². The summed E-state index contributed by atoms with van der Waals surface area (Å²) in [6.45, 7) is 4.33. The minimum absolute atomic E-state index is 0.0775. The molecule has 2 aliphatic heterocycles. The molecule has 6 heteroatoms. The Balaban J connectivity index is 1.63. The first-order valence-electron chi connectivity index (χ1n) is 9.08. The van der Waals surface area contributed by atoms with E-state index in [0.29, 0.717) is 11.5 Å². The lowest BCUT2D eigenvalue weighted by atomic mass is 10.1. The second kappa shape index (κ2) is 8.81. The smallest absolute Gasteiger partial charge is 0.233 e. The van der Waals surface area contributed by atoms with Crippen molar-refractivity contribution in [3.63, 3.8) is 0 Å². The summed E-state index contributed by atoms with van der Waals surface area (Å²) in [4.78, 5) is 16.9. The third-order valence-corrected chi connectivity index (χ3v) is 6.24. The van der Waals surface area contributed by atoms with Crippen molar-refractivity contribution in [2.24, 2.45) is 0 Å². The standard InChI is InChI=1S/C19H28N2O3S/c1-23-16-8-7-15(13-17(16)24-2)19-21(18(22)14-25-19)12-6-11-20-9-4-3-5-10-20/h7-8,13,19H,3-6,9-12,14H2,1-2H3. The van der Waals surface area contributed by atoms with Crippen LogP contribution in [0.4, 0.5) is 0 Å². The van der Waals surface area contributed by atoms with Crippen molar-refractivity contribution < 1.29 is 14.3 Å². The van der Waals surface area contributed by atoms with E-state index in [1.54, 1.807) is 26.0 Å². The fraction of sp³-hybridized carbons (Fsp3) is 0.632. The predicted molar refractivity (Wildman–Crippen MR) is 101 cm³/mol. The Bertz CT molecular complexity index is 590. The molecule has 1 atom stereocenters. The van der Waals surface area contributed by atoms with Crippen molar-refractivity contribution in [1.29, 1.82) is 0 Å². The number of hydrogen-bond acceptors (Lipinski definition) is 5. The third kappa shape index (κ3) is 4.42. The average molecular weight is 365 g/mol. The number of ether oxygens (including phenoxy) is 2. The normalized spacial score (nSPS) is 21.6. The number of likely N-dealkylation sites (tertiary alicyclic amines) is 1. The summed E-state index contributed by atoms with van der Waals surface area (Å²) < 4.78 is 10.7. The van der Waals surface area contributed by atoms with Crippen molar-refractivity contribution in [3.8, 4) is 11.5 Å². The Morgan fingerprint density at radius 2 is 1.84 bits per heavy atom. The molecule has 0 aliphatic carbocycles.